The highest BCUT2D eigenvalue weighted by molar-refractivity contribution is 8.13. The highest BCUT2D eigenvalue weighted by Gasteiger charge is 2.11. The van der Waals surface area contributed by atoms with Crippen LogP contribution in [0.3, 0.4) is 0 Å². The molecule has 7 heteroatoms. The van der Waals surface area contributed by atoms with Gasteiger partial charge in [-0.25, -0.2) is 4.39 Å². The van der Waals surface area contributed by atoms with Crippen molar-refractivity contribution in [1.82, 2.24) is 4.98 Å². The molecule has 3 aromatic rings. The minimum absolute atomic E-state index is 0.240. The SMILES string of the molecule is NCc1ccc(C(=O)Nc2ccncc2)cc1-c1cccc(/C=C/C(=O)SCF)c1. The van der Waals surface area contributed by atoms with E-state index in [1.165, 1.54) is 6.08 Å². The van der Waals surface area contributed by atoms with Gasteiger partial charge < -0.3 is 11.1 Å². The Balaban J connectivity index is 1.89. The first-order valence-corrected chi connectivity index (χ1v) is 10.1. The molecule has 5 nitrogen and oxygen atoms in total. The van der Waals surface area contributed by atoms with Gasteiger partial charge in [-0.1, -0.05) is 30.3 Å². The largest absolute Gasteiger partial charge is 0.326 e. The van der Waals surface area contributed by atoms with E-state index in [1.54, 1.807) is 42.7 Å². The molecule has 3 rings (SSSR count). The smallest absolute Gasteiger partial charge is 0.255 e. The molecule has 0 saturated heterocycles. The number of nitrogens with zero attached hydrogens (tertiary/aromatic N) is 1. The molecule has 0 saturated carbocycles. The minimum Gasteiger partial charge on any atom is -0.326 e. The number of aromatic nitrogens is 1. The van der Waals surface area contributed by atoms with Gasteiger partial charge in [0.25, 0.3) is 5.91 Å². The summed E-state index contributed by atoms with van der Waals surface area (Å²) < 4.78 is 12.2. The molecule has 2 aromatic carbocycles. The number of hydrogen-bond acceptors (Lipinski definition) is 5. The first kappa shape index (κ1) is 21.4. The summed E-state index contributed by atoms with van der Waals surface area (Å²) in [6.07, 6.45) is 6.19. The van der Waals surface area contributed by atoms with Crippen molar-refractivity contribution < 1.29 is 14.0 Å². The summed E-state index contributed by atoms with van der Waals surface area (Å²) >= 11 is 0.606. The van der Waals surface area contributed by atoms with E-state index in [2.05, 4.69) is 10.3 Å². The van der Waals surface area contributed by atoms with Crippen molar-refractivity contribution in [3.8, 4) is 11.1 Å². The number of pyridine rings is 1. The molecule has 1 amide bonds. The maximum atomic E-state index is 12.7. The number of nitrogens with one attached hydrogen (secondary N) is 1. The van der Waals surface area contributed by atoms with Crippen molar-refractivity contribution >= 4 is 34.5 Å². The van der Waals surface area contributed by atoms with Crippen LogP contribution in [0.1, 0.15) is 21.5 Å². The molecule has 3 N–H and O–H groups in total. The van der Waals surface area contributed by atoms with E-state index in [9.17, 15) is 14.0 Å². The van der Waals surface area contributed by atoms with E-state index in [1.807, 2.05) is 30.3 Å². The average molecular weight is 421 g/mol. The number of amides is 1. The first-order chi connectivity index (χ1) is 14.6. The Kier molecular flexibility index (Phi) is 7.48. The van der Waals surface area contributed by atoms with Gasteiger partial charge >= 0.3 is 0 Å². The Morgan fingerprint density at radius 1 is 1.10 bits per heavy atom. The minimum atomic E-state index is -0.753. The number of carbonyl (C=O) groups is 2. The van der Waals surface area contributed by atoms with Crippen LogP contribution < -0.4 is 11.1 Å². The molecule has 0 atom stereocenters. The number of halogens is 1. The molecule has 0 fully saturated rings. The Labute approximate surface area is 178 Å². The number of hydrogen-bond donors (Lipinski definition) is 2. The van der Waals surface area contributed by atoms with E-state index in [4.69, 9.17) is 5.73 Å². The van der Waals surface area contributed by atoms with Crippen molar-refractivity contribution in [2.75, 3.05) is 11.3 Å². The molecule has 1 aromatic heterocycles. The van der Waals surface area contributed by atoms with Crippen molar-refractivity contribution in [3.05, 3.63) is 89.8 Å². The highest BCUT2D eigenvalue weighted by Crippen LogP contribution is 2.27. The number of carbonyl (C=O) groups excluding carboxylic acids is 2. The van der Waals surface area contributed by atoms with E-state index < -0.39 is 6.01 Å². The van der Waals surface area contributed by atoms with Gasteiger partial charge in [0.05, 0.1) is 0 Å². The lowest BCUT2D eigenvalue weighted by molar-refractivity contribution is -0.107. The molecule has 152 valence electrons. The fourth-order valence-corrected chi connectivity index (χ4v) is 3.15. The molecule has 0 radical (unpaired) electrons. The Hall–Kier alpha value is -3.29. The van der Waals surface area contributed by atoms with Crippen LogP contribution in [0.25, 0.3) is 17.2 Å². The number of alkyl halides is 1. The Bertz CT molecular complexity index is 1070. The van der Waals surface area contributed by atoms with E-state index in [0.29, 0.717) is 29.6 Å². The molecule has 0 bridgehead atoms. The average Bonchev–Trinajstić information content (AvgIpc) is 2.78. The summed E-state index contributed by atoms with van der Waals surface area (Å²) in [6, 6.07) is 15.5. The number of nitrogens with two attached hydrogens (primary N) is 1. The molecule has 30 heavy (non-hydrogen) atoms. The van der Waals surface area contributed by atoms with Crippen LogP contribution in [-0.4, -0.2) is 22.0 Å². The Morgan fingerprint density at radius 3 is 2.63 bits per heavy atom. The summed E-state index contributed by atoms with van der Waals surface area (Å²) in [5.74, 6) is -0.240. The van der Waals surface area contributed by atoms with Crippen molar-refractivity contribution in [2.45, 2.75) is 6.54 Å². The zero-order valence-corrected chi connectivity index (χ0v) is 16.9. The van der Waals surface area contributed by atoms with Crippen LogP contribution in [0.2, 0.25) is 0 Å². The molecular formula is C23H20FN3O2S. The monoisotopic (exact) mass is 421 g/mol. The van der Waals surface area contributed by atoms with E-state index >= 15 is 0 Å². The zero-order chi connectivity index (χ0) is 21.3. The lowest BCUT2D eigenvalue weighted by atomic mass is 9.95. The fourth-order valence-electron chi connectivity index (χ4n) is 2.88. The van der Waals surface area contributed by atoms with Crippen LogP contribution in [0.4, 0.5) is 10.1 Å². The zero-order valence-electron chi connectivity index (χ0n) is 16.0. The molecular weight excluding hydrogens is 401 g/mol. The van der Waals surface area contributed by atoms with Gasteiger partial charge in [0.1, 0.15) is 6.01 Å². The van der Waals surface area contributed by atoms with E-state index in [-0.39, 0.29) is 11.0 Å². The quantitative estimate of drug-likeness (QED) is 0.542. The third-order valence-corrected chi connectivity index (χ3v) is 4.87. The van der Waals surface area contributed by atoms with Gasteiger partial charge in [-0.15, -0.1) is 0 Å². The molecule has 0 aliphatic rings. The number of anilines is 1. The van der Waals surface area contributed by atoms with Crippen molar-refractivity contribution in [2.24, 2.45) is 5.73 Å². The van der Waals surface area contributed by atoms with Gasteiger partial charge in [-0.3, -0.25) is 14.6 Å². The first-order valence-electron chi connectivity index (χ1n) is 9.16. The predicted octanol–water partition coefficient (Wildman–Crippen LogP) is 4.66. The van der Waals surface area contributed by atoms with Crippen LogP contribution in [0.5, 0.6) is 0 Å². The molecule has 1 heterocycles. The van der Waals surface area contributed by atoms with Crippen LogP contribution >= 0.6 is 11.8 Å². The van der Waals surface area contributed by atoms with Crippen molar-refractivity contribution in [1.29, 1.82) is 0 Å². The standard InChI is InChI=1S/C23H20FN3O2S/c24-15-30-22(28)7-4-16-2-1-3-17(12-16)21-13-18(5-6-19(21)14-25)23(29)27-20-8-10-26-11-9-20/h1-13H,14-15,25H2,(H,26,27,29)/b7-4+. The third-order valence-electron chi connectivity index (χ3n) is 4.34. The van der Waals surface area contributed by atoms with Gasteiger partial charge in [0.2, 0.25) is 5.12 Å². The lowest BCUT2D eigenvalue weighted by Gasteiger charge is -2.12. The number of rotatable bonds is 7. The summed E-state index contributed by atoms with van der Waals surface area (Å²) in [5.41, 5.74) is 10.4. The highest BCUT2D eigenvalue weighted by atomic mass is 32.2. The van der Waals surface area contributed by atoms with Crippen molar-refractivity contribution in [3.63, 3.8) is 0 Å². The second-order valence-corrected chi connectivity index (χ2v) is 7.21. The predicted molar refractivity (Wildman–Crippen MR) is 120 cm³/mol. The molecule has 0 spiro atoms. The summed E-state index contributed by atoms with van der Waals surface area (Å²) in [6.45, 7) is 0.313. The second kappa shape index (κ2) is 10.5. The maximum absolute atomic E-state index is 12.7. The third kappa shape index (κ3) is 5.62. The number of benzene rings is 2. The van der Waals surface area contributed by atoms with Crippen LogP contribution in [-0.2, 0) is 11.3 Å². The van der Waals surface area contributed by atoms with E-state index in [0.717, 1.165) is 22.3 Å². The van der Waals surface area contributed by atoms with Crippen LogP contribution in [0, 0.1) is 0 Å². The molecule has 0 aliphatic heterocycles. The van der Waals surface area contributed by atoms with Gasteiger partial charge in [-0.05, 0) is 70.4 Å². The second-order valence-electron chi connectivity index (χ2n) is 6.30. The van der Waals surface area contributed by atoms with Gasteiger partial charge in [0, 0.05) is 30.2 Å². The van der Waals surface area contributed by atoms with Gasteiger partial charge in [0.15, 0.2) is 0 Å². The Morgan fingerprint density at radius 2 is 1.90 bits per heavy atom. The summed E-state index contributed by atoms with van der Waals surface area (Å²) in [7, 11) is 0. The van der Waals surface area contributed by atoms with Gasteiger partial charge in [-0.2, -0.15) is 0 Å². The fraction of sp³-hybridized carbons (Fsp3) is 0.0870. The summed E-state index contributed by atoms with van der Waals surface area (Å²) in [4.78, 5) is 28.1. The molecule has 0 aliphatic carbocycles. The normalized spacial score (nSPS) is 10.9. The topological polar surface area (TPSA) is 85.1 Å². The summed E-state index contributed by atoms with van der Waals surface area (Å²) in [5, 5.41) is 2.49. The maximum Gasteiger partial charge on any atom is 0.255 e. The number of thioether (sulfide) groups is 1. The van der Waals surface area contributed by atoms with Crippen LogP contribution in [0.15, 0.2) is 73.1 Å². The molecule has 0 unspecified atom stereocenters. The lowest BCUT2D eigenvalue weighted by Crippen LogP contribution is -2.12.